The van der Waals surface area contributed by atoms with Gasteiger partial charge >= 0.3 is 0 Å². The van der Waals surface area contributed by atoms with E-state index in [9.17, 15) is 0 Å². The molecule has 0 aromatic carbocycles. The highest BCUT2D eigenvalue weighted by atomic mass is 127. The van der Waals surface area contributed by atoms with Gasteiger partial charge in [0.15, 0.2) is 5.96 Å². The van der Waals surface area contributed by atoms with Gasteiger partial charge in [-0.3, -0.25) is 9.89 Å². The van der Waals surface area contributed by atoms with Gasteiger partial charge in [0.2, 0.25) is 0 Å². The Morgan fingerprint density at radius 1 is 1.26 bits per heavy atom. The van der Waals surface area contributed by atoms with Gasteiger partial charge in [-0.25, -0.2) is 0 Å². The van der Waals surface area contributed by atoms with Crippen molar-refractivity contribution >= 4 is 29.9 Å². The molecule has 3 rings (SSSR count). The highest BCUT2D eigenvalue weighted by Gasteiger charge is 2.41. The molecule has 6 heteroatoms. The van der Waals surface area contributed by atoms with Crippen LogP contribution in [0, 0.1) is 0 Å². The number of nitrogens with zero attached hydrogens (tertiary/aromatic N) is 2. The van der Waals surface area contributed by atoms with E-state index in [1.165, 1.54) is 38.6 Å². The number of halogens is 1. The second kappa shape index (κ2) is 9.42. The zero-order chi connectivity index (χ0) is 15.4. The Bertz CT molecular complexity index is 393. The lowest BCUT2D eigenvalue weighted by Crippen LogP contribution is -2.47. The molecule has 3 fully saturated rings. The summed E-state index contributed by atoms with van der Waals surface area (Å²) in [5.41, 5.74) is 0. The van der Waals surface area contributed by atoms with Gasteiger partial charge in [0, 0.05) is 19.1 Å². The third-order valence-electron chi connectivity index (χ3n) is 5.37. The van der Waals surface area contributed by atoms with Crippen molar-refractivity contribution in [3.8, 4) is 0 Å². The second-order valence-corrected chi connectivity index (χ2v) is 7.00. The molecule has 3 heterocycles. The van der Waals surface area contributed by atoms with Crippen LogP contribution in [0.2, 0.25) is 0 Å². The van der Waals surface area contributed by atoms with Crippen molar-refractivity contribution in [1.29, 1.82) is 0 Å². The Morgan fingerprint density at radius 3 is 2.78 bits per heavy atom. The van der Waals surface area contributed by atoms with E-state index in [1.54, 1.807) is 0 Å². The predicted octanol–water partition coefficient (Wildman–Crippen LogP) is 2.35. The smallest absolute Gasteiger partial charge is 0.191 e. The number of likely N-dealkylation sites (tertiary alicyclic amines) is 1. The summed E-state index contributed by atoms with van der Waals surface area (Å²) in [6.07, 6.45) is 8.53. The van der Waals surface area contributed by atoms with Crippen molar-refractivity contribution in [3.63, 3.8) is 0 Å². The summed E-state index contributed by atoms with van der Waals surface area (Å²) in [4.78, 5) is 7.37. The Labute approximate surface area is 158 Å². The minimum Gasteiger partial charge on any atom is -0.373 e. The highest BCUT2D eigenvalue weighted by molar-refractivity contribution is 14.0. The first kappa shape index (κ1) is 19.2. The van der Waals surface area contributed by atoms with Crippen molar-refractivity contribution in [2.75, 3.05) is 26.2 Å². The number of ether oxygens (including phenoxy) is 1. The Morgan fingerprint density at radius 2 is 2.13 bits per heavy atom. The summed E-state index contributed by atoms with van der Waals surface area (Å²) >= 11 is 0. The van der Waals surface area contributed by atoms with Gasteiger partial charge in [0.05, 0.1) is 24.8 Å². The van der Waals surface area contributed by atoms with Gasteiger partial charge in [-0.15, -0.1) is 24.0 Å². The molecule has 3 saturated heterocycles. The normalized spacial score (nSPS) is 34.3. The SMILES string of the molecule is CCNC(=NCCN1CCCCC1C)NC1CC2CCC1O2.I. The van der Waals surface area contributed by atoms with Crippen molar-refractivity contribution in [3.05, 3.63) is 0 Å². The number of piperidine rings is 1. The fraction of sp³-hybridized carbons (Fsp3) is 0.941. The number of nitrogens with one attached hydrogen (secondary N) is 2. The summed E-state index contributed by atoms with van der Waals surface area (Å²) in [6.45, 7) is 8.57. The minimum atomic E-state index is 0. The van der Waals surface area contributed by atoms with Crippen LogP contribution in [0.1, 0.15) is 52.4 Å². The first-order chi connectivity index (χ1) is 10.8. The summed E-state index contributed by atoms with van der Waals surface area (Å²) < 4.78 is 5.92. The minimum absolute atomic E-state index is 0. The number of hydrogen-bond acceptors (Lipinski definition) is 3. The van der Waals surface area contributed by atoms with Gasteiger partial charge in [-0.05, 0) is 52.5 Å². The quantitative estimate of drug-likeness (QED) is 0.395. The van der Waals surface area contributed by atoms with E-state index in [1.807, 2.05) is 0 Å². The number of rotatable bonds is 5. The molecule has 0 saturated carbocycles. The average Bonchev–Trinajstić information content (AvgIpc) is 3.12. The van der Waals surface area contributed by atoms with Crippen LogP contribution in [0.3, 0.4) is 0 Å². The van der Waals surface area contributed by atoms with Crippen molar-refractivity contribution in [1.82, 2.24) is 15.5 Å². The van der Waals surface area contributed by atoms with Crippen molar-refractivity contribution < 1.29 is 4.74 Å². The molecule has 134 valence electrons. The molecule has 2 N–H and O–H groups in total. The zero-order valence-electron chi connectivity index (χ0n) is 14.6. The molecule has 23 heavy (non-hydrogen) atoms. The van der Waals surface area contributed by atoms with Gasteiger partial charge in [-0.2, -0.15) is 0 Å². The molecule has 0 aliphatic carbocycles. The fourth-order valence-electron chi connectivity index (χ4n) is 4.07. The van der Waals surface area contributed by atoms with E-state index in [2.05, 4.69) is 29.4 Å². The monoisotopic (exact) mass is 436 g/mol. The molecule has 0 amide bonds. The summed E-state index contributed by atoms with van der Waals surface area (Å²) in [6, 6.07) is 1.17. The maximum Gasteiger partial charge on any atom is 0.191 e. The van der Waals surface area contributed by atoms with Crippen LogP contribution in [-0.4, -0.2) is 61.3 Å². The maximum atomic E-state index is 5.92. The summed E-state index contributed by atoms with van der Waals surface area (Å²) in [5, 5.41) is 6.98. The van der Waals surface area contributed by atoms with Crippen LogP contribution in [0.25, 0.3) is 0 Å². The molecule has 0 radical (unpaired) electrons. The molecule has 0 aromatic rings. The van der Waals surface area contributed by atoms with Crippen molar-refractivity contribution in [2.45, 2.75) is 76.7 Å². The number of hydrogen-bond donors (Lipinski definition) is 2. The molecule has 5 nitrogen and oxygen atoms in total. The van der Waals surface area contributed by atoms with E-state index in [0.29, 0.717) is 18.2 Å². The first-order valence-corrected chi connectivity index (χ1v) is 9.20. The van der Waals surface area contributed by atoms with Crippen LogP contribution in [-0.2, 0) is 4.74 Å². The summed E-state index contributed by atoms with van der Waals surface area (Å²) in [5.74, 6) is 0.966. The average molecular weight is 436 g/mol. The van der Waals surface area contributed by atoms with Crippen LogP contribution in [0.4, 0.5) is 0 Å². The molecular formula is C17H33IN4O. The Hall–Kier alpha value is -0.0800. The molecule has 0 aromatic heterocycles. The lowest BCUT2D eigenvalue weighted by atomic mass is 9.96. The molecule has 2 bridgehead atoms. The molecule has 4 atom stereocenters. The zero-order valence-corrected chi connectivity index (χ0v) is 16.9. The number of aliphatic imine (C=N–C) groups is 1. The molecular weight excluding hydrogens is 403 g/mol. The summed E-state index contributed by atoms with van der Waals surface area (Å²) in [7, 11) is 0. The van der Waals surface area contributed by atoms with Gasteiger partial charge < -0.3 is 15.4 Å². The highest BCUT2D eigenvalue weighted by Crippen LogP contribution is 2.34. The maximum absolute atomic E-state index is 5.92. The van der Waals surface area contributed by atoms with Gasteiger partial charge in [-0.1, -0.05) is 6.42 Å². The molecule has 3 aliphatic rings. The van der Waals surface area contributed by atoms with Crippen LogP contribution >= 0.6 is 24.0 Å². The van der Waals surface area contributed by atoms with Gasteiger partial charge in [0.1, 0.15) is 0 Å². The Balaban J connectivity index is 0.00000192. The standard InChI is InChI=1S/C17H32N4O.HI/c1-3-18-17(20-15-12-14-7-8-16(15)22-14)19-9-11-21-10-5-4-6-13(21)2;/h13-16H,3-12H2,1-2H3,(H2,18,19,20);1H. The van der Waals surface area contributed by atoms with E-state index >= 15 is 0 Å². The topological polar surface area (TPSA) is 48.9 Å². The lowest BCUT2D eigenvalue weighted by molar-refractivity contribution is 0.0992. The molecule has 4 unspecified atom stereocenters. The second-order valence-electron chi connectivity index (χ2n) is 7.00. The van der Waals surface area contributed by atoms with E-state index < -0.39 is 0 Å². The Kier molecular flexibility index (Phi) is 7.88. The van der Waals surface area contributed by atoms with Crippen LogP contribution in [0.5, 0.6) is 0 Å². The predicted molar refractivity (Wildman–Crippen MR) is 106 cm³/mol. The lowest BCUT2D eigenvalue weighted by Gasteiger charge is -2.32. The van der Waals surface area contributed by atoms with Crippen molar-refractivity contribution in [2.24, 2.45) is 4.99 Å². The van der Waals surface area contributed by atoms with Crippen LogP contribution in [0.15, 0.2) is 4.99 Å². The number of fused-ring (bicyclic) bond motifs is 2. The third kappa shape index (κ3) is 5.19. The molecule has 0 spiro atoms. The van der Waals surface area contributed by atoms with E-state index in [4.69, 9.17) is 9.73 Å². The van der Waals surface area contributed by atoms with Gasteiger partial charge in [0.25, 0.3) is 0 Å². The largest absolute Gasteiger partial charge is 0.373 e. The first-order valence-electron chi connectivity index (χ1n) is 9.20. The van der Waals surface area contributed by atoms with E-state index in [0.717, 1.165) is 38.1 Å². The van der Waals surface area contributed by atoms with E-state index in [-0.39, 0.29) is 24.0 Å². The number of guanidine groups is 1. The fourth-order valence-corrected chi connectivity index (χ4v) is 4.07. The third-order valence-corrected chi connectivity index (χ3v) is 5.37. The van der Waals surface area contributed by atoms with Crippen LogP contribution < -0.4 is 10.6 Å². The molecule has 3 aliphatic heterocycles.